The predicted molar refractivity (Wildman–Crippen MR) is 73.1 cm³/mol. The van der Waals surface area contributed by atoms with Gasteiger partial charge in [-0.15, -0.1) is 0 Å². The highest BCUT2D eigenvalue weighted by molar-refractivity contribution is 5.77. The first-order valence-electron chi connectivity index (χ1n) is 7.17. The van der Waals surface area contributed by atoms with Gasteiger partial charge in [0.1, 0.15) is 5.82 Å². The van der Waals surface area contributed by atoms with Gasteiger partial charge in [0.2, 0.25) is 0 Å². The third-order valence-electron chi connectivity index (χ3n) is 3.88. The van der Waals surface area contributed by atoms with Gasteiger partial charge in [0.05, 0.1) is 29.2 Å². The van der Waals surface area contributed by atoms with E-state index in [2.05, 4.69) is 4.98 Å². The molecule has 0 spiro atoms. The first kappa shape index (κ1) is 14.4. The summed E-state index contributed by atoms with van der Waals surface area (Å²) in [6, 6.07) is 3.76. The lowest BCUT2D eigenvalue weighted by Gasteiger charge is -2.13. The van der Waals surface area contributed by atoms with E-state index in [1.54, 1.807) is 0 Å². The molecule has 0 radical (unpaired) electrons. The van der Waals surface area contributed by atoms with Crippen LogP contribution in [0.15, 0.2) is 18.2 Å². The second-order valence-corrected chi connectivity index (χ2v) is 5.33. The van der Waals surface area contributed by atoms with Crippen molar-refractivity contribution in [3.63, 3.8) is 0 Å². The quantitative estimate of drug-likeness (QED) is 0.862. The van der Waals surface area contributed by atoms with Crippen molar-refractivity contribution in [2.45, 2.75) is 45.0 Å². The standard InChI is InChI=1S/C15H17F3N2O/c1-2-14-19-12-8-10(15(16,17)18)5-6-13(12)20(14)9-11-4-3-7-21-11/h5-6,8,11H,2-4,7,9H2,1H3. The number of imidazole rings is 1. The highest BCUT2D eigenvalue weighted by atomic mass is 19.4. The van der Waals surface area contributed by atoms with E-state index in [-0.39, 0.29) is 6.10 Å². The van der Waals surface area contributed by atoms with Gasteiger partial charge in [-0.3, -0.25) is 0 Å². The molecule has 3 rings (SSSR count). The third-order valence-corrected chi connectivity index (χ3v) is 3.88. The Labute approximate surface area is 120 Å². The van der Waals surface area contributed by atoms with E-state index in [0.29, 0.717) is 18.5 Å². The Morgan fingerprint density at radius 1 is 1.38 bits per heavy atom. The number of nitrogens with zero attached hydrogens (tertiary/aromatic N) is 2. The number of benzene rings is 1. The molecule has 1 aliphatic rings. The number of hydrogen-bond donors (Lipinski definition) is 0. The van der Waals surface area contributed by atoms with Crippen LogP contribution in [0, 0.1) is 0 Å². The van der Waals surface area contributed by atoms with Gasteiger partial charge in [-0.2, -0.15) is 13.2 Å². The third kappa shape index (κ3) is 2.77. The molecule has 21 heavy (non-hydrogen) atoms. The maximum absolute atomic E-state index is 12.8. The molecule has 1 aromatic heterocycles. The second kappa shape index (κ2) is 5.33. The molecule has 1 saturated heterocycles. The Morgan fingerprint density at radius 2 is 2.19 bits per heavy atom. The van der Waals surface area contributed by atoms with Crippen LogP contribution in [-0.2, 0) is 23.9 Å². The Balaban J connectivity index is 2.01. The molecule has 0 N–H and O–H groups in total. The largest absolute Gasteiger partial charge is 0.416 e. The normalized spacial score (nSPS) is 19.5. The molecule has 1 aromatic carbocycles. The Hall–Kier alpha value is -1.56. The number of halogens is 3. The number of ether oxygens (including phenoxy) is 1. The van der Waals surface area contributed by atoms with E-state index in [4.69, 9.17) is 4.74 Å². The molecule has 0 saturated carbocycles. The lowest BCUT2D eigenvalue weighted by molar-refractivity contribution is -0.137. The first-order valence-corrected chi connectivity index (χ1v) is 7.17. The minimum Gasteiger partial charge on any atom is -0.376 e. The monoisotopic (exact) mass is 298 g/mol. The van der Waals surface area contributed by atoms with Crippen LogP contribution < -0.4 is 0 Å². The number of alkyl halides is 3. The number of aromatic nitrogens is 2. The van der Waals surface area contributed by atoms with E-state index in [0.717, 1.165) is 42.9 Å². The fourth-order valence-corrected chi connectivity index (χ4v) is 2.82. The van der Waals surface area contributed by atoms with Gasteiger partial charge in [0.15, 0.2) is 0 Å². The van der Waals surface area contributed by atoms with Crippen molar-refractivity contribution in [1.29, 1.82) is 0 Å². The lowest BCUT2D eigenvalue weighted by atomic mass is 10.2. The summed E-state index contributed by atoms with van der Waals surface area (Å²) in [6.45, 7) is 3.37. The summed E-state index contributed by atoms with van der Waals surface area (Å²) < 4.78 is 45.9. The van der Waals surface area contributed by atoms with Crippen LogP contribution in [0.1, 0.15) is 31.2 Å². The fraction of sp³-hybridized carbons (Fsp3) is 0.533. The van der Waals surface area contributed by atoms with Crippen molar-refractivity contribution in [1.82, 2.24) is 9.55 Å². The Kier molecular flexibility index (Phi) is 3.65. The molecular weight excluding hydrogens is 281 g/mol. The maximum Gasteiger partial charge on any atom is 0.416 e. The number of hydrogen-bond acceptors (Lipinski definition) is 2. The van der Waals surface area contributed by atoms with Gasteiger partial charge < -0.3 is 9.30 Å². The average molecular weight is 298 g/mol. The summed E-state index contributed by atoms with van der Waals surface area (Å²) in [7, 11) is 0. The number of fused-ring (bicyclic) bond motifs is 1. The zero-order chi connectivity index (χ0) is 15.0. The molecular formula is C15H17F3N2O. The van der Waals surface area contributed by atoms with Crippen molar-refractivity contribution >= 4 is 11.0 Å². The minimum absolute atomic E-state index is 0.134. The minimum atomic E-state index is -4.33. The van der Waals surface area contributed by atoms with Crippen LogP contribution in [0.25, 0.3) is 11.0 Å². The van der Waals surface area contributed by atoms with Gasteiger partial charge in [-0.1, -0.05) is 6.92 Å². The summed E-state index contributed by atoms with van der Waals surface area (Å²) in [4.78, 5) is 4.35. The summed E-state index contributed by atoms with van der Waals surface area (Å²) in [5, 5.41) is 0. The number of aryl methyl sites for hydroxylation is 1. The van der Waals surface area contributed by atoms with Crippen molar-refractivity contribution in [2.75, 3.05) is 6.61 Å². The van der Waals surface area contributed by atoms with Crippen molar-refractivity contribution < 1.29 is 17.9 Å². The molecule has 1 unspecified atom stereocenters. The molecule has 2 heterocycles. The summed E-state index contributed by atoms with van der Waals surface area (Å²) in [5.41, 5.74) is 0.495. The summed E-state index contributed by atoms with van der Waals surface area (Å²) >= 11 is 0. The van der Waals surface area contributed by atoms with Crippen LogP contribution in [0.4, 0.5) is 13.2 Å². The Morgan fingerprint density at radius 3 is 2.81 bits per heavy atom. The van der Waals surface area contributed by atoms with Crippen molar-refractivity contribution in [2.24, 2.45) is 0 Å². The van der Waals surface area contributed by atoms with Crippen LogP contribution in [0.5, 0.6) is 0 Å². The van der Waals surface area contributed by atoms with Crippen molar-refractivity contribution in [3.05, 3.63) is 29.6 Å². The van der Waals surface area contributed by atoms with Crippen LogP contribution >= 0.6 is 0 Å². The van der Waals surface area contributed by atoms with Gasteiger partial charge >= 0.3 is 6.18 Å². The van der Waals surface area contributed by atoms with Crippen LogP contribution in [0.3, 0.4) is 0 Å². The molecule has 1 aliphatic heterocycles. The van der Waals surface area contributed by atoms with Crippen LogP contribution in [-0.4, -0.2) is 22.3 Å². The maximum atomic E-state index is 12.8. The van der Waals surface area contributed by atoms with E-state index in [9.17, 15) is 13.2 Å². The Bertz CT molecular complexity index is 642. The average Bonchev–Trinajstić information content (AvgIpc) is 3.05. The predicted octanol–water partition coefficient (Wildman–Crippen LogP) is 3.80. The zero-order valence-electron chi connectivity index (χ0n) is 11.8. The molecule has 114 valence electrons. The fourth-order valence-electron chi connectivity index (χ4n) is 2.82. The molecule has 0 bridgehead atoms. The molecule has 6 heteroatoms. The SMILES string of the molecule is CCc1nc2cc(C(F)(F)F)ccc2n1CC1CCCO1. The molecule has 2 aromatic rings. The van der Waals surface area contributed by atoms with E-state index in [1.165, 1.54) is 6.07 Å². The molecule has 0 aliphatic carbocycles. The molecule has 3 nitrogen and oxygen atoms in total. The highest BCUT2D eigenvalue weighted by Crippen LogP contribution is 2.32. The van der Waals surface area contributed by atoms with Gasteiger partial charge in [0, 0.05) is 13.0 Å². The highest BCUT2D eigenvalue weighted by Gasteiger charge is 2.31. The van der Waals surface area contributed by atoms with Gasteiger partial charge in [-0.05, 0) is 31.0 Å². The molecule has 0 amide bonds. The van der Waals surface area contributed by atoms with Gasteiger partial charge in [0.25, 0.3) is 0 Å². The zero-order valence-corrected chi connectivity index (χ0v) is 11.8. The van der Waals surface area contributed by atoms with E-state index < -0.39 is 11.7 Å². The lowest BCUT2D eigenvalue weighted by Crippen LogP contribution is -2.16. The van der Waals surface area contributed by atoms with Gasteiger partial charge in [-0.25, -0.2) is 4.98 Å². The molecule has 1 atom stereocenters. The van der Waals surface area contributed by atoms with E-state index >= 15 is 0 Å². The van der Waals surface area contributed by atoms with Crippen LogP contribution in [0.2, 0.25) is 0 Å². The number of rotatable bonds is 3. The summed E-state index contributed by atoms with van der Waals surface area (Å²) in [6.07, 6.45) is -1.49. The summed E-state index contributed by atoms with van der Waals surface area (Å²) in [5.74, 6) is 0.805. The topological polar surface area (TPSA) is 27.1 Å². The van der Waals surface area contributed by atoms with Crippen molar-refractivity contribution in [3.8, 4) is 0 Å². The smallest absolute Gasteiger partial charge is 0.376 e. The molecule has 1 fully saturated rings. The van der Waals surface area contributed by atoms with E-state index in [1.807, 2.05) is 11.5 Å². The second-order valence-electron chi connectivity index (χ2n) is 5.33. The first-order chi connectivity index (χ1) is 9.99.